The minimum Gasteiger partial charge on any atom is -0.497 e. The zero-order valence-electron chi connectivity index (χ0n) is 11.4. The maximum atomic E-state index is 12.5. The van der Waals surface area contributed by atoms with Gasteiger partial charge in [-0.3, -0.25) is 4.79 Å². The summed E-state index contributed by atoms with van der Waals surface area (Å²) in [7, 11) is 1.65. The number of carbonyl (C=O) groups is 1. The van der Waals surface area contributed by atoms with Crippen molar-refractivity contribution in [2.24, 2.45) is 0 Å². The van der Waals surface area contributed by atoms with Gasteiger partial charge in [0.05, 0.1) is 12.5 Å². The fourth-order valence-electron chi connectivity index (χ4n) is 2.87. The molecule has 1 saturated carbocycles. The molecule has 0 saturated heterocycles. The van der Waals surface area contributed by atoms with E-state index in [4.69, 9.17) is 4.74 Å². The topological polar surface area (TPSA) is 38.3 Å². The van der Waals surface area contributed by atoms with Gasteiger partial charge < -0.3 is 10.1 Å². The van der Waals surface area contributed by atoms with E-state index in [0.717, 1.165) is 37.0 Å². The molecule has 0 heterocycles. The molecule has 102 valence electrons. The van der Waals surface area contributed by atoms with Crippen LogP contribution in [0.5, 0.6) is 5.75 Å². The summed E-state index contributed by atoms with van der Waals surface area (Å²) in [5, 5.41) is 2.95. The normalized spacial score (nSPS) is 16.9. The quantitative estimate of drug-likeness (QED) is 0.826. The van der Waals surface area contributed by atoms with Gasteiger partial charge >= 0.3 is 0 Å². The molecule has 0 atom stereocenters. The summed E-state index contributed by atoms with van der Waals surface area (Å²) >= 11 is 0. The zero-order chi connectivity index (χ0) is 13.7. The van der Waals surface area contributed by atoms with Gasteiger partial charge in [-0.1, -0.05) is 31.1 Å². The van der Waals surface area contributed by atoms with Crippen molar-refractivity contribution < 1.29 is 9.53 Å². The molecule has 0 aromatic heterocycles. The molecule has 1 N–H and O–H groups in total. The molecule has 1 fully saturated rings. The van der Waals surface area contributed by atoms with Crippen molar-refractivity contribution in [1.29, 1.82) is 0 Å². The molecule has 0 radical (unpaired) electrons. The van der Waals surface area contributed by atoms with E-state index in [1.807, 2.05) is 24.3 Å². The van der Waals surface area contributed by atoms with E-state index >= 15 is 0 Å². The van der Waals surface area contributed by atoms with E-state index in [-0.39, 0.29) is 11.3 Å². The molecule has 3 nitrogen and oxygen atoms in total. The Hall–Kier alpha value is -1.77. The molecule has 1 aliphatic carbocycles. The lowest BCUT2D eigenvalue weighted by molar-refractivity contribution is -0.126. The summed E-state index contributed by atoms with van der Waals surface area (Å²) in [6, 6.07) is 7.88. The second-order valence-corrected chi connectivity index (χ2v) is 5.02. The van der Waals surface area contributed by atoms with E-state index in [0.29, 0.717) is 6.54 Å². The van der Waals surface area contributed by atoms with E-state index in [1.54, 1.807) is 13.2 Å². The Morgan fingerprint density at radius 2 is 2.00 bits per heavy atom. The fourth-order valence-corrected chi connectivity index (χ4v) is 2.87. The van der Waals surface area contributed by atoms with Crippen LogP contribution >= 0.6 is 0 Å². The van der Waals surface area contributed by atoms with E-state index in [2.05, 4.69) is 11.9 Å². The van der Waals surface area contributed by atoms with Gasteiger partial charge in [0, 0.05) is 6.54 Å². The Kier molecular flexibility index (Phi) is 4.25. The molecule has 1 aromatic carbocycles. The van der Waals surface area contributed by atoms with Gasteiger partial charge in [-0.15, -0.1) is 6.58 Å². The Morgan fingerprint density at radius 1 is 1.37 bits per heavy atom. The van der Waals surface area contributed by atoms with Crippen LogP contribution in [0.2, 0.25) is 0 Å². The first-order valence-electron chi connectivity index (χ1n) is 6.77. The number of benzene rings is 1. The highest BCUT2D eigenvalue weighted by molar-refractivity contribution is 5.88. The van der Waals surface area contributed by atoms with Crippen LogP contribution in [-0.2, 0) is 10.2 Å². The fraction of sp³-hybridized carbons (Fsp3) is 0.438. The highest BCUT2D eigenvalue weighted by atomic mass is 16.5. The molecule has 19 heavy (non-hydrogen) atoms. The van der Waals surface area contributed by atoms with Crippen LogP contribution in [0.4, 0.5) is 0 Å². The second kappa shape index (κ2) is 5.91. The monoisotopic (exact) mass is 259 g/mol. The van der Waals surface area contributed by atoms with Gasteiger partial charge in [0.1, 0.15) is 5.75 Å². The van der Waals surface area contributed by atoms with E-state index < -0.39 is 0 Å². The Bertz CT molecular complexity index is 444. The van der Waals surface area contributed by atoms with Crippen molar-refractivity contribution >= 4 is 5.91 Å². The van der Waals surface area contributed by atoms with Crippen LogP contribution in [0.25, 0.3) is 0 Å². The van der Waals surface area contributed by atoms with Gasteiger partial charge in [0.15, 0.2) is 0 Å². The second-order valence-electron chi connectivity index (χ2n) is 5.02. The third-order valence-corrected chi connectivity index (χ3v) is 3.94. The molecular formula is C16H21NO2. The first kappa shape index (κ1) is 13.7. The van der Waals surface area contributed by atoms with E-state index in [9.17, 15) is 4.79 Å². The molecule has 1 aliphatic rings. The average Bonchev–Trinajstić information content (AvgIpc) is 2.95. The van der Waals surface area contributed by atoms with Crippen molar-refractivity contribution in [3.8, 4) is 5.75 Å². The van der Waals surface area contributed by atoms with Crippen molar-refractivity contribution in [2.75, 3.05) is 13.7 Å². The largest absolute Gasteiger partial charge is 0.497 e. The molecule has 0 unspecified atom stereocenters. The van der Waals surface area contributed by atoms with Gasteiger partial charge in [0.25, 0.3) is 0 Å². The number of nitrogens with one attached hydrogen (secondary N) is 1. The number of amides is 1. The van der Waals surface area contributed by atoms with Crippen LogP contribution in [0.3, 0.4) is 0 Å². The first-order chi connectivity index (χ1) is 9.23. The van der Waals surface area contributed by atoms with Crippen LogP contribution in [0, 0.1) is 0 Å². The number of hydrogen-bond acceptors (Lipinski definition) is 2. The maximum Gasteiger partial charge on any atom is 0.230 e. The lowest BCUT2D eigenvalue weighted by Gasteiger charge is -2.28. The first-order valence-corrected chi connectivity index (χ1v) is 6.77. The minimum absolute atomic E-state index is 0.120. The SMILES string of the molecule is C=CCNC(=O)C1(c2ccc(OC)cc2)CCCC1. The average molecular weight is 259 g/mol. The Labute approximate surface area is 114 Å². The summed E-state index contributed by atoms with van der Waals surface area (Å²) in [4.78, 5) is 12.5. The minimum atomic E-state index is -0.366. The van der Waals surface area contributed by atoms with Crippen molar-refractivity contribution in [1.82, 2.24) is 5.32 Å². The van der Waals surface area contributed by atoms with Crippen LogP contribution < -0.4 is 10.1 Å². The predicted octanol–water partition coefficient (Wildman–Crippen LogP) is 2.81. The number of rotatable bonds is 5. The highest BCUT2D eigenvalue weighted by Gasteiger charge is 2.42. The van der Waals surface area contributed by atoms with Crippen LogP contribution in [-0.4, -0.2) is 19.6 Å². The molecule has 1 amide bonds. The van der Waals surface area contributed by atoms with Crippen molar-refractivity contribution in [3.63, 3.8) is 0 Å². The summed E-state index contributed by atoms with van der Waals surface area (Å²) in [5.74, 6) is 0.943. The number of hydrogen-bond donors (Lipinski definition) is 1. The third-order valence-electron chi connectivity index (χ3n) is 3.94. The Balaban J connectivity index is 2.27. The molecule has 2 rings (SSSR count). The van der Waals surface area contributed by atoms with Crippen LogP contribution in [0.15, 0.2) is 36.9 Å². The van der Waals surface area contributed by atoms with Crippen molar-refractivity contribution in [2.45, 2.75) is 31.1 Å². The number of methoxy groups -OCH3 is 1. The Morgan fingerprint density at radius 3 is 2.53 bits per heavy atom. The lowest BCUT2D eigenvalue weighted by atomic mass is 9.78. The molecular weight excluding hydrogens is 238 g/mol. The van der Waals surface area contributed by atoms with Gasteiger partial charge in [-0.2, -0.15) is 0 Å². The van der Waals surface area contributed by atoms with Gasteiger partial charge in [0.2, 0.25) is 5.91 Å². The third kappa shape index (κ3) is 2.65. The van der Waals surface area contributed by atoms with Crippen molar-refractivity contribution in [3.05, 3.63) is 42.5 Å². The highest BCUT2D eigenvalue weighted by Crippen LogP contribution is 2.41. The van der Waals surface area contributed by atoms with Crippen LogP contribution in [0.1, 0.15) is 31.2 Å². The molecule has 0 aliphatic heterocycles. The van der Waals surface area contributed by atoms with Gasteiger partial charge in [-0.25, -0.2) is 0 Å². The van der Waals surface area contributed by atoms with E-state index in [1.165, 1.54) is 0 Å². The summed E-state index contributed by atoms with van der Waals surface area (Å²) < 4.78 is 5.18. The molecule has 1 aromatic rings. The molecule has 0 bridgehead atoms. The molecule has 3 heteroatoms. The number of ether oxygens (including phenoxy) is 1. The predicted molar refractivity (Wildman–Crippen MR) is 76.3 cm³/mol. The maximum absolute atomic E-state index is 12.5. The standard InChI is InChI=1S/C16H21NO2/c1-3-12-17-15(18)16(10-4-5-11-16)13-6-8-14(19-2)9-7-13/h3,6-9H,1,4-5,10-12H2,2H3,(H,17,18). The summed E-state index contributed by atoms with van der Waals surface area (Å²) in [5.41, 5.74) is 0.724. The van der Waals surface area contributed by atoms with Gasteiger partial charge in [-0.05, 0) is 30.5 Å². The summed E-state index contributed by atoms with van der Waals surface area (Å²) in [6.07, 6.45) is 5.76. The summed E-state index contributed by atoms with van der Waals surface area (Å²) in [6.45, 7) is 4.17. The lowest BCUT2D eigenvalue weighted by Crippen LogP contribution is -2.42. The smallest absolute Gasteiger partial charge is 0.230 e. The zero-order valence-corrected chi connectivity index (χ0v) is 11.4. The molecule has 0 spiro atoms. The number of carbonyl (C=O) groups excluding carboxylic acids is 1.